The highest BCUT2D eigenvalue weighted by Gasteiger charge is 2.26. The average molecular weight is 443 g/mol. The third-order valence-electron chi connectivity index (χ3n) is 4.96. The minimum atomic E-state index is -0.509. The van der Waals surface area contributed by atoms with Gasteiger partial charge in [0.1, 0.15) is 5.82 Å². The molecule has 1 atom stereocenters. The van der Waals surface area contributed by atoms with Gasteiger partial charge in [0.15, 0.2) is 17.4 Å². The van der Waals surface area contributed by atoms with Crippen molar-refractivity contribution in [1.29, 1.82) is 0 Å². The molecule has 1 aliphatic heterocycles. The molecule has 1 saturated heterocycles. The van der Waals surface area contributed by atoms with Gasteiger partial charge in [0.2, 0.25) is 0 Å². The molecule has 3 N–H and O–H groups in total. The van der Waals surface area contributed by atoms with Gasteiger partial charge in [-0.05, 0) is 30.7 Å². The largest absolute Gasteiger partial charge is 0.491 e. The summed E-state index contributed by atoms with van der Waals surface area (Å²) in [6.45, 7) is 1.07. The van der Waals surface area contributed by atoms with E-state index in [-0.39, 0.29) is 29.2 Å². The Balaban J connectivity index is 1.70. The second kappa shape index (κ2) is 8.83. The first-order chi connectivity index (χ1) is 15.0. The molecule has 1 unspecified atom stereocenters. The van der Waals surface area contributed by atoms with Crippen LogP contribution in [0.15, 0.2) is 42.9 Å². The molecule has 3 aromatic rings. The van der Waals surface area contributed by atoms with Crippen LogP contribution in [-0.4, -0.2) is 52.0 Å². The number of amides is 1. The quantitative estimate of drug-likeness (QED) is 0.624. The lowest BCUT2D eigenvalue weighted by molar-refractivity contribution is 0.0791. The number of aromatic nitrogens is 3. The molecule has 31 heavy (non-hydrogen) atoms. The number of nitrogens with zero attached hydrogens (tertiary/aromatic N) is 4. The zero-order chi connectivity index (χ0) is 22.0. The van der Waals surface area contributed by atoms with Crippen molar-refractivity contribution in [3.8, 4) is 17.1 Å². The Kier molecular flexibility index (Phi) is 5.97. The molecule has 4 rings (SSSR count). The summed E-state index contributed by atoms with van der Waals surface area (Å²) in [5.74, 6) is 0.0222. The summed E-state index contributed by atoms with van der Waals surface area (Å²) >= 11 is 6.00. The number of nitrogens with two attached hydrogens (primary N) is 1. The van der Waals surface area contributed by atoms with Crippen molar-refractivity contribution in [3.05, 3.63) is 59.3 Å². The van der Waals surface area contributed by atoms with Gasteiger partial charge in [-0.2, -0.15) is 0 Å². The first kappa shape index (κ1) is 21.0. The molecule has 0 aliphatic carbocycles. The SMILES string of the molecule is COc1cnc(-c2cc(Cl)ccc2F)nc1Nc1ccncc1C(=O)N1CCC(N)C1. The van der Waals surface area contributed by atoms with Gasteiger partial charge in [-0.3, -0.25) is 9.78 Å². The minimum Gasteiger partial charge on any atom is -0.491 e. The van der Waals surface area contributed by atoms with Gasteiger partial charge in [0.05, 0.1) is 30.1 Å². The van der Waals surface area contributed by atoms with Crippen LogP contribution in [0.2, 0.25) is 5.02 Å². The fourth-order valence-corrected chi connectivity index (χ4v) is 3.52. The number of benzene rings is 1. The first-order valence-electron chi connectivity index (χ1n) is 9.58. The molecule has 0 saturated carbocycles. The Hall–Kier alpha value is -3.30. The van der Waals surface area contributed by atoms with E-state index >= 15 is 0 Å². The number of halogens is 2. The molecule has 1 fully saturated rings. The molecule has 1 aliphatic rings. The summed E-state index contributed by atoms with van der Waals surface area (Å²) in [6, 6.07) is 5.76. The van der Waals surface area contributed by atoms with Gasteiger partial charge >= 0.3 is 0 Å². The van der Waals surface area contributed by atoms with E-state index < -0.39 is 5.82 Å². The van der Waals surface area contributed by atoms with Gasteiger partial charge in [-0.1, -0.05) is 11.6 Å². The van der Waals surface area contributed by atoms with E-state index in [0.29, 0.717) is 35.1 Å². The summed E-state index contributed by atoms with van der Waals surface area (Å²) in [4.78, 5) is 27.3. The molecule has 2 aromatic heterocycles. The maximum atomic E-state index is 14.3. The van der Waals surface area contributed by atoms with Crippen LogP contribution < -0.4 is 15.8 Å². The molecule has 10 heteroatoms. The Labute approximate surface area is 183 Å². The molecule has 3 heterocycles. The number of pyridine rings is 1. The number of hydrogen-bond donors (Lipinski definition) is 2. The maximum absolute atomic E-state index is 14.3. The van der Waals surface area contributed by atoms with E-state index in [4.69, 9.17) is 22.1 Å². The smallest absolute Gasteiger partial charge is 0.257 e. The predicted octanol–water partition coefficient (Wildman–Crippen LogP) is 3.26. The first-order valence-corrected chi connectivity index (χ1v) is 9.96. The second-order valence-electron chi connectivity index (χ2n) is 7.08. The van der Waals surface area contributed by atoms with Gasteiger partial charge < -0.3 is 20.7 Å². The van der Waals surface area contributed by atoms with Crippen molar-refractivity contribution >= 4 is 29.0 Å². The number of anilines is 2. The van der Waals surface area contributed by atoms with E-state index in [0.717, 1.165) is 6.42 Å². The highest BCUT2D eigenvalue weighted by atomic mass is 35.5. The number of carbonyl (C=O) groups excluding carboxylic acids is 1. The standard InChI is InChI=1S/C21H20ClFN6O2/c1-31-18-10-26-19(14-8-12(22)2-3-16(14)23)28-20(18)27-17-4-6-25-9-15(17)21(30)29-7-5-13(24)11-29/h2-4,6,8-10,13H,5,7,11,24H2,1H3,(H,25,26,27,28). The number of hydrogen-bond acceptors (Lipinski definition) is 7. The van der Waals surface area contributed by atoms with E-state index in [2.05, 4.69) is 20.3 Å². The summed E-state index contributed by atoms with van der Waals surface area (Å²) in [6.07, 6.45) is 5.22. The number of rotatable bonds is 5. The van der Waals surface area contributed by atoms with E-state index in [1.54, 1.807) is 17.2 Å². The summed E-state index contributed by atoms with van der Waals surface area (Å²) < 4.78 is 19.7. The molecule has 1 amide bonds. The van der Waals surface area contributed by atoms with Crippen LogP contribution in [0.3, 0.4) is 0 Å². The van der Waals surface area contributed by atoms with Crippen LogP contribution in [0.25, 0.3) is 11.4 Å². The molecule has 0 spiro atoms. The zero-order valence-corrected chi connectivity index (χ0v) is 17.4. The monoisotopic (exact) mass is 442 g/mol. The molecule has 160 valence electrons. The van der Waals surface area contributed by atoms with Crippen LogP contribution in [0.4, 0.5) is 15.9 Å². The van der Waals surface area contributed by atoms with Crippen molar-refractivity contribution in [3.63, 3.8) is 0 Å². The Morgan fingerprint density at radius 3 is 2.94 bits per heavy atom. The van der Waals surface area contributed by atoms with Gasteiger partial charge in [-0.25, -0.2) is 14.4 Å². The predicted molar refractivity (Wildman–Crippen MR) is 115 cm³/mol. The van der Waals surface area contributed by atoms with Crippen LogP contribution in [0.5, 0.6) is 5.75 Å². The second-order valence-corrected chi connectivity index (χ2v) is 7.52. The Morgan fingerprint density at radius 1 is 1.35 bits per heavy atom. The fraction of sp³-hybridized carbons (Fsp3) is 0.238. The highest BCUT2D eigenvalue weighted by Crippen LogP contribution is 2.31. The van der Waals surface area contributed by atoms with E-state index in [1.807, 2.05) is 0 Å². The van der Waals surface area contributed by atoms with Crippen molar-refractivity contribution in [1.82, 2.24) is 19.9 Å². The number of likely N-dealkylation sites (tertiary alicyclic amines) is 1. The topological polar surface area (TPSA) is 106 Å². The lowest BCUT2D eigenvalue weighted by Crippen LogP contribution is -2.32. The van der Waals surface area contributed by atoms with Gasteiger partial charge in [0.25, 0.3) is 5.91 Å². The zero-order valence-electron chi connectivity index (χ0n) is 16.7. The summed E-state index contributed by atoms with van der Waals surface area (Å²) in [5, 5.41) is 3.46. The van der Waals surface area contributed by atoms with Gasteiger partial charge in [0, 0.05) is 36.5 Å². The normalized spacial score (nSPS) is 15.7. The van der Waals surface area contributed by atoms with E-state index in [9.17, 15) is 9.18 Å². The Morgan fingerprint density at radius 2 is 2.19 bits per heavy atom. The van der Waals surface area contributed by atoms with Crippen molar-refractivity contribution < 1.29 is 13.9 Å². The minimum absolute atomic E-state index is 0.0332. The van der Waals surface area contributed by atoms with Crippen LogP contribution in [0.1, 0.15) is 16.8 Å². The summed E-state index contributed by atoms with van der Waals surface area (Å²) in [5.41, 5.74) is 6.93. The van der Waals surface area contributed by atoms with Crippen molar-refractivity contribution in [2.24, 2.45) is 5.73 Å². The van der Waals surface area contributed by atoms with Crippen LogP contribution in [0, 0.1) is 5.82 Å². The van der Waals surface area contributed by atoms with Crippen molar-refractivity contribution in [2.45, 2.75) is 12.5 Å². The number of ether oxygens (including phenoxy) is 1. The average Bonchev–Trinajstić information content (AvgIpc) is 3.21. The highest BCUT2D eigenvalue weighted by molar-refractivity contribution is 6.30. The number of methoxy groups -OCH3 is 1. The Bertz CT molecular complexity index is 1130. The lowest BCUT2D eigenvalue weighted by Gasteiger charge is -2.19. The van der Waals surface area contributed by atoms with Gasteiger partial charge in [-0.15, -0.1) is 0 Å². The molecular formula is C21H20ClFN6O2. The molecule has 1 aromatic carbocycles. The van der Waals surface area contributed by atoms with Crippen molar-refractivity contribution in [2.75, 3.05) is 25.5 Å². The molecule has 0 bridgehead atoms. The lowest BCUT2D eigenvalue weighted by atomic mass is 10.2. The molecule has 8 nitrogen and oxygen atoms in total. The fourth-order valence-electron chi connectivity index (χ4n) is 3.35. The summed E-state index contributed by atoms with van der Waals surface area (Å²) in [7, 11) is 1.47. The van der Waals surface area contributed by atoms with Crippen LogP contribution >= 0.6 is 11.6 Å². The third-order valence-corrected chi connectivity index (χ3v) is 5.20. The molecular weight excluding hydrogens is 423 g/mol. The van der Waals surface area contributed by atoms with E-state index in [1.165, 1.54) is 37.7 Å². The third kappa shape index (κ3) is 4.42. The molecule has 0 radical (unpaired) electrons. The maximum Gasteiger partial charge on any atom is 0.257 e. The number of nitrogens with one attached hydrogen (secondary N) is 1. The van der Waals surface area contributed by atoms with Crippen LogP contribution in [-0.2, 0) is 0 Å². The number of carbonyl (C=O) groups is 1.